The average molecular weight is 653 g/mol. The van der Waals surface area contributed by atoms with Crippen molar-refractivity contribution in [1.82, 2.24) is 0 Å². The van der Waals surface area contributed by atoms with E-state index < -0.39 is 35.7 Å². The molecule has 0 aromatic rings. The van der Waals surface area contributed by atoms with Gasteiger partial charge in [0, 0.05) is 19.3 Å². The van der Waals surface area contributed by atoms with Crippen molar-refractivity contribution in [3.63, 3.8) is 0 Å². The molecule has 0 aromatic carbocycles. The number of carbonyl (C=O) groups is 3. The number of unbranched alkanes of at least 4 members (excludes halogenated alkanes) is 18. The van der Waals surface area contributed by atoms with Gasteiger partial charge in [-0.1, -0.05) is 130 Å². The van der Waals surface area contributed by atoms with Gasteiger partial charge in [0.25, 0.3) is 0 Å². The van der Waals surface area contributed by atoms with Crippen molar-refractivity contribution in [2.45, 2.75) is 175 Å². The Kier molecular flexibility index (Phi) is 28.1. The van der Waals surface area contributed by atoms with Gasteiger partial charge in [-0.05, 0) is 38.5 Å². The minimum Gasteiger partial charge on any atom is -0.481 e. The Morgan fingerprint density at radius 2 is 0.739 bits per heavy atom. The molecule has 0 aliphatic rings. The molecule has 0 fully saturated rings. The van der Waals surface area contributed by atoms with Gasteiger partial charge in [-0.25, -0.2) is 0 Å². The molecule has 270 valence electrons. The predicted molar refractivity (Wildman–Crippen MR) is 191 cm³/mol. The molecule has 0 amide bonds. The maximum absolute atomic E-state index is 11.5. The van der Waals surface area contributed by atoms with E-state index in [0.717, 1.165) is 19.4 Å². The number of hydrogen-bond acceptors (Lipinski definition) is 3. The number of allylic oxidation sites excluding steroid dienone is 2. The van der Waals surface area contributed by atoms with Gasteiger partial charge in [0.1, 0.15) is 0 Å². The van der Waals surface area contributed by atoms with Gasteiger partial charge in [0.15, 0.2) is 0 Å². The lowest BCUT2D eigenvalue weighted by molar-refractivity contribution is -0.929. The molecule has 0 radical (unpaired) electrons. The maximum Gasteiger partial charge on any atom is 0.306 e. The van der Waals surface area contributed by atoms with Crippen LogP contribution in [0.1, 0.15) is 175 Å². The fraction of sp³-hybridized carbons (Fsp3) is 0.872. The second-order valence-corrected chi connectivity index (χ2v) is 14.4. The zero-order valence-electron chi connectivity index (χ0n) is 30.5. The fourth-order valence-electron chi connectivity index (χ4n) is 6.20. The number of carboxylic acids is 3. The molecule has 3 N–H and O–H groups in total. The summed E-state index contributed by atoms with van der Waals surface area (Å²) in [6.45, 7) is 10.2. The molecule has 0 heterocycles. The molecular formula is C39H74NO6+. The van der Waals surface area contributed by atoms with E-state index in [9.17, 15) is 29.7 Å². The Labute approximate surface area is 283 Å². The number of quaternary nitrogens is 1. The Morgan fingerprint density at radius 3 is 1.04 bits per heavy atom. The summed E-state index contributed by atoms with van der Waals surface area (Å²) in [7, 11) is 0. The smallest absolute Gasteiger partial charge is 0.306 e. The van der Waals surface area contributed by atoms with Crippen molar-refractivity contribution in [3.05, 3.63) is 12.2 Å². The van der Waals surface area contributed by atoms with Crippen LogP contribution in [-0.4, -0.2) is 63.9 Å². The molecule has 7 nitrogen and oxygen atoms in total. The molecule has 0 saturated heterocycles. The van der Waals surface area contributed by atoms with E-state index in [2.05, 4.69) is 19.1 Å². The summed E-state index contributed by atoms with van der Waals surface area (Å²) in [5.74, 6) is -3.91. The Morgan fingerprint density at radius 1 is 0.457 bits per heavy atom. The van der Waals surface area contributed by atoms with E-state index in [4.69, 9.17) is 0 Å². The lowest BCUT2D eigenvalue weighted by Gasteiger charge is -2.40. The third-order valence-corrected chi connectivity index (χ3v) is 10.0. The largest absolute Gasteiger partial charge is 0.481 e. The molecule has 0 aliphatic heterocycles. The average Bonchev–Trinajstić information content (AvgIpc) is 3.03. The molecule has 0 aromatic heterocycles. The van der Waals surface area contributed by atoms with Crippen LogP contribution in [0, 0.1) is 17.8 Å². The van der Waals surface area contributed by atoms with Gasteiger partial charge in [-0.3, -0.25) is 14.4 Å². The lowest BCUT2D eigenvalue weighted by Crippen LogP contribution is -2.52. The van der Waals surface area contributed by atoms with E-state index in [-0.39, 0.29) is 0 Å². The normalized spacial score (nSPS) is 15.0. The maximum atomic E-state index is 11.5. The second-order valence-electron chi connectivity index (χ2n) is 14.4. The summed E-state index contributed by atoms with van der Waals surface area (Å²) in [6, 6.07) is 0. The summed E-state index contributed by atoms with van der Waals surface area (Å²) >= 11 is 0. The zero-order valence-corrected chi connectivity index (χ0v) is 30.5. The van der Waals surface area contributed by atoms with Crippen LogP contribution in [0.15, 0.2) is 12.2 Å². The Balaban J connectivity index is 4.31. The molecular weight excluding hydrogens is 578 g/mol. The van der Waals surface area contributed by atoms with Gasteiger partial charge in [-0.2, -0.15) is 0 Å². The van der Waals surface area contributed by atoms with Crippen LogP contribution in [0.4, 0.5) is 0 Å². The van der Waals surface area contributed by atoms with Crippen molar-refractivity contribution in [1.29, 1.82) is 0 Å². The number of rotatable bonds is 34. The van der Waals surface area contributed by atoms with Gasteiger partial charge in [0.2, 0.25) is 0 Å². The third-order valence-electron chi connectivity index (χ3n) is 10.0. The van der Waals surface area contributed by atoms with Crippen LogP contribution < -0.4 is 0 Å². The molecule has 3 atom stereocenters. The molecule has 3 unspecified atom stereocenters. The quantitative estimate of drug-likeness (QED) is 0.0362. The third kappa shape index (κ3) is 25.2. The second kappa shape index (κ2) is 29.3. The van der Waals surface area contributed by atoms with Crippen molar-refractivity contribution >= 4 is 17.9 Å². The van der Waals surface area contributed by atoms with E-state index in [0.29, 0.717) is 43.4 Å². The summed E-state index contributed by atoms with van der Waals surface area (Å²) in [5, 5.41) is 28.4. The van der Waals surface area contributed by atoms with Gasteiger partial charge >= 0.3 is 17.9 Å². The highest BCUT2D eigenvalue weighted by atomic mass is 16.4. The first-order valence-electron chi connectivity index (χ1n) is 19.2. The zero-order chi connectivity index (χ0) is 34.5. The van der Waals surface area contributed by atoms with E-state index in [1.54, 1.807) is 20.8 Å². The van der Waals surface area contributed by atoms with Crippen LogP contribution >= 0.6 is 0 Å². The van der Waals surface area contributed by atoms with Crippen LogP contribution in [-0.2, 0) is 14.4 Å². The van der Waals surface area contributed by atoms with Crippen molar-refractivity contribution < 1.29 is 34.2 Å². The molecule has 0 spiro atoms. The molecule has 46 heavy (non-hydrogen) atoms. The number of carboxylic acid groups (broad SMARTS) is 3. The first-order valence-corrected chi connectivity index (χ1v) is 19.2. The first-order chi connectivity index (χ1) is 22.0. The van der Waals surface area contributed by atoms with Crippen molar-refractivity contribution in [2.75, 3.05) is 26.2 Å². The molecule has 0 aliphatic carbocycles. The van der Waals surface area contributed by atoms with Crippen LogP contribution in [0.25, 0.3) is 0 Å². The number of nitrogens with zero attached hydrogens (tertiary/aromatic N) is 1. The molecule has 0 rings (SSSR count). The first kappa shape index (κ1) is 44.1. The van der Waals surface area contributed by atoms with E-state index >= 15 is 0 Å². The van der Waals surface area contributed by atoms with Crippen molar-refractivity contribution in [2.24, 2.45) is 17.8 Å². The predicted octanol–water partition coefficient (Wildman–Crippen LogP) is 10.5. The highest BCUT2D eigenvalue weighted by Gasteiger charge is 2.31. The van der Waals surface area contributed by atoms with Gasteiger partial charge in [0.05, 0.1) is 43.9 Å². The SMILES string of the molecule is CCCCCCCCCCC/C=C/CCCCCCCCCCC[N+](CCC(C)C(=O)O)(CCC(C)C(=O)O)CCC(C)C(=O)O. The minimum absolute atomic E-state index is 0.480. The highest BCUT2D eigenvalue weighted by molar-refractivity contribution is 5.70. The fourth-order valence-corrected chi connectivity index (χ4v) is 6.20. The van der Waals surface area contributed by atoms with Crippen molar-refractivity contribution in [3.8, 4) is 0 Å². The highest BCUT2D eigenvalue weighted by Crippen LogP contribution is 2.22. The molecule has 7 heteroatoms. The van der Waals surface area contributed by atoms with Crippen LogP contribution in [0.5, 0.6) is 0 Å². The minimum atomic E-state index is -0.822. The monoisotopic (exact) mass is 653 g/mol. The standard InChI is InChI=1S/C39H73NO6/c1-5-6-7-8-9-10-11-12-13-14-15-16-17-18-19-20-21-22-23-24-25-26-30-40(31-27-34(2)37(41)42,32-28-35(3)38(43)44)33-29-36(4)39(45)46/h15-16,34-36H,5-14,17-33H2,1-4H3,(H2-,41,42,43,44,45,46)/p+1/b16-15+. The topological polar surface area (TPSA) is 112 Å². The van der Waals surface area contributed by atoms with E-state index in [1.807, 2.05) is 0 Å². The van der Waals surface area contributed by atoms with Crippen LogP contribution in [0.3, 0.4) is 0 Å². The number of aliphatic carboxylic acids is 3. The van der Waals surface area contributed by atoms with Gasteiger partial charge < -0.3 is 19.8 Å². The molecule has 0 saturated carbocycles. The molecule has 0 bridgehead atoms. The van der Waals surface area contributed by atoms with E-state index in [1.165, 1.54) is 116 Å². The summed E-state index contributed by atoms with van der Waals surface area (Å²) in [6.07, 6.45) is 32.2. The van der Waals surface area contributed by atoms with Crippen LogP contribution in [0.2, 0.25) is 0 Å². The number of hydrogen-bond donors (Lipinski definition) is 3. The summed E-state index contributed by atoms with van der Waals surface area (Å²) < 4.78 is 0.612. The van der Waals surface area contributed by atoms with Gasteiger partial charge in [-0.15, -0.1) is 0 Å². The lowest BCUT2D eigenvalue weighted by atomic mass is 10.0. The summed E-state index contributed by atoms with van der Waals surface area (Å²) in [4.78, 5) is 34.6. The Bertz CT molecular complexity index is 738. The Hall–Kier alpha value is -1.89. The summed E-state index contributed by atoms with van der Waals surface area (Å²) in [5.41, 5.74) is 0.